The number of thioether (sulfide) groups is 1. The van der Waals surface area contributed by atoms with Crippen LogP contribution in [0.5, 0.6) is 0 Å². The molecule has 0 atom stereocenters. The van der Waals surface area contributed by atoms with E-state index in [9.17, 15) is 0 Å². The first-order valence-electron chi connectivity index (χ1n) is 8.95. The summed E-state index contributed by atoms with van der Waals surface area (Å²) in [5, 5.41) is 2.40. The zero-order chi connectivity index (χ0) is 17.7. The van der Waals surface area contributed by atoms with Gasteiger partial charge in [0.25, 0.3) is 0 Å². The number of fused-ring (bicyclic) bond motifs is 1. The van der Waals surface area contributed by atoms with Crippen molar-refractivity contribution in [3.8, 4) is 0 Å². The van der Waals surface area contributed by atoms with Gasteiger partial charge in [0.1, 0.15) is 0 Å². The maximum Gasteiger partial charge on any atom is 0.168 e. The van der Waals surface area contributed by atoms with E-state index in [2.05, 4.69) is 47.4 Å². The Kier molecular flexibility index (Phi) is 5.36. The number of allylic oxidation sites excluding steroid dienone is 1. The number of hydrogen-bond acceptors (Lipinski definition) is 3. The van der Waals surface area contributed by atoms with Crippen LogP contribution in [-0.4, -0.2) is 23.2 Å². The highest BCUT2D eigenvalue weighted by atomic mass is 79.9. The van der Waals surface area contributed by atoms with Crippen LogP contribution in [0.15, 0.2) is 59.2 Å². The molecule has 0 N–H and O–H groups in total. The van der Waals surface area contributed by atoms with Crippen molar-refractivity contribution in [2.45, 2.75) is 24.7 Å². The minimum absolute atomic E-state index is 0. The Bertz CT molecular complexity index is 938. The van der Waals surface area contributed by atoms with E-state index in [0.29, 0.717) is 10.0 Å². The van der Waals surface area contributed by atoms with E-state index in [1.165, 1.54) is 28.1 Å². The van der Waals surface area contributed by atoms with Crippen LogP contribution >= 0.6 is 51.9 Å². The molecule has 1 aliphatic carbocycles. The third-order valence-electron chi connectivity index (χ3n) is 5.65. The standard InChI is InChI=1S/C21H18Cl2N2S.BrH/c22-16-8-7-15(13-17(16)23)21(9-4-10-21)19-18(14-5-2-1-3-6-14)26-20-24-11-12-25(19)20;/h1-3,5-8,13H,4,9-12H2;1H. The topological polar surface area (TPSA) is 15.6 Å². The maximum absolute atomic E-state index is 6.38. The Hall–Kier alpha value is -0.940. The Balaban J connectivity index is 0.00000180. The Morgan fingerprint density at radius 1 is 1.00 bits per heavy atom. The SMILES string of the molecule is Br.Clc1ccc(C2(C3=C(c4ccccc4)SC4=NCCN43)CCC2)cc1Cl. The second-order valence-corrected chi connectivity index (χ2v) is 8.82. The van der Waals surface area contributed by atoms with E-state index in [4.69, 9.17) is 28.2 Å². The second kappa shape index (κ2) is 7.47. The smallest absolute Gasteiger partial charge is 0.168 e. The van der Waals surface area contributed by atoms with Crippen molar-refractivity contribution in [3.63, 3.8) is 0 Å². The molecule has 0 aromatic heterocycles. The third-order valence-corrected chi connectivity index (χ3v) is 7.55. The molecule has 0 unspecified atom stereocenters. The van der Waals surface area contributed by atoms with E-state index in [0.717, 1.165) is 31.1 Å². The van der Waals surface area contributed by atoms with Gasteiger partial charge in [0.15, 0.2) is 5.17 Å². The van der Waals surface area contributed by atoms with Crippen LogP contribution in [0.1, 0.15) is 30.4 Å². The first-order chi connectivity index (χ1) is 12.7. The van der Waals surface area contributed by atoms with Gasteiger partial charge < -0.3 is 4.90 Å². The van der Waals surface area contributed by atoms with Crippen molar-refractivity contribution in [2.75, 3.05) is 13.1 Å². The van der Waals surface area contributed by atoms with Gasteiger partial charge in [-0.1, -0.05) is 66.0 Å². The van der Waals surface area contributed by atoms with E-state index in [1.54, 1.807) is 0 Å². The summed E-state index contributed by atoms with van der Waals surface area (Å²) in [7, 11) is 0. The van der Waals surface area contributed by atoms with Gasteiger partial charge in [-0.3, -0.25) is 4.99 Å². The Labute approximate surface area is 184 Å². The summed E-state index contributed by atoms with van der Waals surface area (Å²) in [6.45, 7) is 1.85. The zero-order valence-electron chi connectivity index (χ0n) is 14.6. The summed E-state index contributed by atoms with van der Waals surface area (Å²) in [6.07, 6.45) is 3.51. The summed E-state index contributed by atoms with van der Waals surface area (Å²) < 4.78 is 0. The fourth-order valence-electron chi connectivity index (χ4n) is 4.23. The molecular formula is C21H19BrCl2N2S. The molecule has 27 heavy (non-hydrogen) atoms. The molecule has 0 saturated heterocycles. The molecule has 2 aliphatic heterocycles. The van der Waals surface area contributed by atoms with Gasteiger partial charge in [-0.15, -0.1) is 17.0 Å². The fraction of sp³-hybridized carbons (Fsp3) is 0.286. The molecule has 2 heterocycles. The molecule has 2 nitrogen and oxygen atoms in total. The van der Waals surface area contributed by atoms with Gasteiger partial charge in [-0.2, -0.15) is 0 Å². The first kappa shape index (κ1) is 19.4. The summed E-state index contributed by atoms with van der Waals surface area (Å²) >= 11 is 14.4. The minimum atomic E-state index is 0. The predicted octanol–water partition coefficient (Wildman–Crippen LogP) is 6.78. The molecule has 0 spiro atoms. The molecule has 0 amide bonds. The van der Waals surface area contributed by atoms with Crippen molar-refractivity contribution < 1.29 is 0 Å². The van der Waals surface area contributed by atoms with E-state index in [-0.39, 0.29) is 22.4 Å². The molecule has 140 valence electrons. The molecule has 6 heteroatoms. The van der Waals surface area contributed by atoms with Crippen molar-refractivity contribution in [1.29, 1.82) is 0 Å². The van der Waals surface area contributed by atoms with Crippen LogP contribution in [0.4, 0.5) is 0 Å². The van der Waals surface area contributed by atoms with Crippen LogP contribution in [0.2, 0.25) is 10.0 Å². The van der Waals surface area contributed by atoms with E-state index in [1.807, 2.05) is 17.8 Å². The molecule has 1 saturated carbocycles. The lowest BCUT2D eigenvalue weighted by molar-refractivity contribution is 0.254. The number of aliphatic imine (C=N–C) groups is 1. The largest absolute Gasteiger partial charge is 0.321 e. The third kappa shape index (κ3) is 3.05. The molecule has 0 bridgehead atoms. The number of amidine groups is 1. The number of hydrogen-bond donors (Lipinski definition) is 0. The van der Waals surface area contributed by atoms with Crippen LogP contribution in [0.25, 0.3) is 4.91 Å². The second-order valence-electron chi connectivity index (χ2n) is 7.03. The Morgan fingerprint density at radius 3 is 2.44 bits per heavy atom. The van der Waals surface area contributed by atoms with Crippen LogP contribution < -0.4 is 0 Å². The average molecular weight is 482 g/mol. The number of benzene rings is 2. The van der Waals surface area contributed by atoms with Gasteiger partial charge in [-0.05, 0) is 47.9 Å². The van der Waals surface area contributed by atoms with Crippen LogP contribution in [0.3, 0.4) is 0 Å². The predicted molar refractivity (Wildman–Crippen MR) is 122 cm³/mol. The Morgan fingerprint density at radius 2 is 1.78 bits per heavy atom. The first-order valence-corrected chi connectivity index (χ1v) is 10.5. The van der Waals surface area contributed by atoms with Gasteiger partial charge in [0.05, 0.1) is 16.6 Å². The molecule has 3 aliphatic rings. The molecule has 0 radical (unpaired) electrons. The van der Waals surface area contributed by atoms with Crippen molar-refractivity contribution in [2.24, 2.45) is 4.99 Å². The minimum Gasteiger partial charge on any atom is -0.321 e. The van der Waals surface area contributed by atoms with Crippen LogP contribution in [-0.2, 0) is 5.41 Å². The lowest BCUT2D eigenvalue weighted by Gasteiger charge is -2.46. The highest BCUT2D eigenvalue weighted by Gasteiger charge is 2.50. The van der Waals surface area contributed by atoms with Gasteiger partial charge in [0.2, 0.25) is 0 Å². The fourth-order valence-corrected chi connectivity index (χ4v) is 5.82. The quantitative estimate of drug-likeness (QED) is 0.480. The molecule has 1 fully saturated rings. The number of halogens is 3. The summed E-state index contributed by atoms with van der Waals surface area (Å²) in [4.78, 5) is 8.52. The average Bonchev–Trinajstić information content (AvgIpc) is 3.20. The normalized spacial score (nSPS) is 20.1. The van der Waals surface area contributed by atoms with E-state index >= 15 is 0 Å². The van der Waals surface area contributed by atoms with Crippen molar-refractivity contribution in [3.05, 3.63) is 75.4 Å². The lowest BCUT2D eigenvalue weighted by Crippen LogP contribution is -2.43. The van der Waals surface area contributed by atoms with Crippen molar-refractivity contribution >= 4 is 62.0 Å². The summed E-state index contributed by atoms with van der Waals surface area (Å²) in [5.74, 6) is 0. The molecule has 2 aromatic rings. The van der Waals surface area contributed by atoms with Gasteiger partial charge >= 0.3 is 0 Å². The summed E-state index contributed by atoms with van der Waals surface area (Å²) in [6, 6.07) is 16.8. The highest BCUT2D eigenvalue weighted by Crippen LogP contribution is 2.58. The lowest BCUT2D eigenvalue weighted by atomic mass is 9.61. The monoisotopic (exact) mass is 480 g/mol. The molecule has 2 aromatic carbocycles. The zero-order valence-corrected chi connectivity index (χ0v) is 18.7. The summed E-state index contributed by atoms with van der Waals surface area (Å²) in [5.41, 5.74) is 3.97. The molecular weight excluding hydrogens is 463 g/mol. The van der Waals surface area contributed by atoms with Crippen molar-refractivity contribution in [1.82, 2.24) is 4.90 Å². The van der Waals surface area contributed by atoms with Gasteiger partial charge in [-0.25, -0.2) is 0 Å². The van der Waals surface area contributed by atoms with E-state index < -0.39 is 0 Å². The van der Waals surface area contributed by atoms with Crippen LogP contribution in [0, 0.1) is 0 Å². The number of nitrogens with zero attached hydrogens (tertiary/aromatic N) is 2. The number of rotatable bonds is 3. The van der Waals surface area contributed by atoms with Gasteiger partial charge in [0, 0.05) is 22.6 Å². The maximum atomic E-state index is 6.38. The molecule has 5 rings (SSSR count). The highest BCUT2D eigenvalue weighted by molar-refractivity contribution is 8.93.